The van der Waals surface area contributed by atoms with Crippen molar-refractivity contribution < 1.29 is 52.5 Å². The lowest BCUT2D eigenvalue weighted by Crippen LogP contribution is -2.71. The van der Waals surface area contributed by atoms with Gasteiger partial charge in [0, 0.05) is 21.2 Å². The summed E-state index contributed by atoms with van der Waals surface area (Å²) in [5, 5.41) is 32.6. The number of ether oxygens (including phenoxy) is 1. The van der Waals surface area contributed by atoms with Gasteiger partial charge in [-0.3, -0.25) is 14.5 Å². The van der Waals surface area contributed by atoms with Crippen LogP contribution in [0.25, 0.3) is 0 Å². The van der Waals surface area contributed by atoms with Crippen molar-refractivity contribution >= 4 is 73.6 Å². The summed E-state index contributed by atoms with van der Waals surface area (Å²) >= 11 is 5.69. The molecule has 2 aromatic rings. The second kappa shape index (κ2) is 12.6. The summed E-state index contributed by atoms with van der Waals surface area (Å²) in [6, 6.07) is 6.08. The lowest BCUT2D eigenvalue weighted by atomic mass is 10.0. The SMILES string of the molecule is Nc1nc(/C(=N/O)C(=O)NC2C(=O)N3C(C(=O)O)=C(COc4ccc(Br)cc4)CS[C@H]23)cs1.O=C(O)C(F)(F)F. The zero-order chi connectivity index (χ0) is 29.8. The fraction of sp³-hybridized carbons (Fsp3) is 0.238. The number of thiazole rings is 1. The van der Waals surface area contributed by atoms with Crippen molar-refractivity contribution in [2.75, 3.05) is 18.1 Å². The number of carbonyl (C=O) groups is 4. The van der Waals surface area contributed by atoms with Crippen molar-refractivity contribution in [3.05, 3.63) is 51.1 Å². The Balaban J connectivity index is 0.000000559. The van der Waals surface area contributed by atoms with E-state index < -0.39 is 47.1 Å². The number of fused-ring (bicyclic) bond motifs is 1. The zero-order valence-electron chi connectivity index (χ0n) is 19.6. The summed E-state index contributed by atoms with van der Waals surface area (Å²) in [6.07, 6.45) is -5.08. The van der Waals surface area contributed by atoms with Crippen LogP contribution in [0.3, 0.4) is 0 Å². The van der Waals surface area contributed by atoms with E-state index in [2.05, 4.69) is 31.4 Å². The highest BCUT2D eigenvalue weighted by atomic mass is 79.9. The summed E-state index contributed by atoms with van der Waals surface area (Å²) in [4.78, 5) is 51.2. The normalized spacial score (nSPS) is 18.6. The first-order chi connectivity index (χ1) is 18.7. The number of nitrogens with one attached hydrogen (secondary N) is 1. The molecule has 0 bridgehead atoms. The van der Waals surface area contributed by atoms with Gasteiger partial charge in [0.15, 0.2) is 10.8 Å². The minimum absolute atomic E-state index is 0.00361. The highest BCUT2D eigenvalue weighted by Crippen LogP contribution is 2.40. The lowest BCUT2D eigenvalue weighted by Gasteiger charge is -2.49. The molecule has 1 aromatic carbocycles. The molecule has 2 amide bonds. The number of aliphatic carboxylic acids is 2. The van der Waals surface area contributed by atoms with Gasteiger partial charge in [-0.15, -0.1) is 23.1 Å². The van der Waals surface area contributed by atoms with Crippen molar-refractivity contribution in [1.29, 1.82) is 0 Å². The summed E-state index contributed by atoms with van der Waals surface area (Å²) in [7, 11) is 0. The highest BCUT2D eigenvalue weighted by molar-refractivity contribution is 9.10. The Bertz CT molecular complexity index is 1380. The summed E-state index contributed by atoms with van der Waals surface area (Å²) in [5.41, 5.74) is 5.50. The first-order valence-electron chi connectivity index (χ1n) is 10.6. The van der Waals surface area contributed by atoms with E-state index in [4.69, 9.17) is 20.4 Å². The third-order valence-corrected chi connectivity index (χ3v) is 7.63. The number of carboxylic acid groups (broad SMARTS) is 2. The maximum absolute atomic E-state index is 12.8. The zero-order valence-corrected chi connectivity index (χ0v) is 22.8. The fourth-order valence-electron chi connectivity index (χ4n) is 3.31. The van der Waals surface area contributed by atoms with Crippen molar-refractivity contribution in [2.24, 2.45) is 5.16 Å². The molecule has 19 heteroatoms. The van der Waals surface area contributed by atoms with Gasteiger partial charge in [-0.25, -0.2) is 14.6 Å². The summed E-state index contributed by atoms with van der Waals surface area (Å²) in [6.45, 7) is -0.00361. The number of rotatable bonds is 7. The number of alkyl halides is 3. The van der Waals surface area contributed by atoms with Gasteiger partial charge in [0.05, 0.1) is 0 Å². The van der Waals surface area contributed by atoms with Crippen LogP contribution in [0.2, 0.25) is 0 Å². The number of nitrogens with zero attached hydrogens (tertiary/aromatic N) is 3. The maximum Gasteiger partial charge on any atom is 0.490 e. The number of aromatic nitrogens is 1. The lowest BCUT2D eigenvalue weighted by molar-refractivity contribution is -0.192. The van der Waals surface area contributed by atoms with Crippen LogP contribution in [0.15, 0.2) is 50.5 Å². The predicted octanol–water partition coefficient (Wildman–Crippen LogP) is 2.12. The van der Waals surface area contributed by atoms with Gasteiger partial charge < -0.3 is 31.2 Å². The first-order valence-corrected chi connectivity index (χ1v) is 13.3. The molecule has 2 aliphatic rings. The van der Waals surface area contributed by atoms with Gasteiger partial charge in [-0.05, 0) is 24.3 Å². The Morgan fingerprint density at radius 1 is 1.25 bits per heavy atom. The third-order valence-electron chi connectivity index (χ3n) is 5.09. The Kier molecular flexibility index (Phi) is 9.64. The Morgan fingerprint density at radius 3 is 2.38 bits per heavy atom. The molecule has 214 valence electrons. The van der Waals surface area contributed by atoms with Crippen LogP contribution in [-0.2, 0) is 19.2 Å². The number of benzene rings is 1. The molecule has 1 aromatic heterocycles. The fourth-order valence-corrected chi connectivity index (χ4v) is 5.45. The first kappa shape index (κ1) is 30.7. The summed E-state index contributed by atoms with van der Waals surface area (Å²) < 4.78 is 38.3. The van der Waals surface area contributed by atoms with E-state index in [1.807, 2.05) is 0 Å². The number of amides is 2. The molecular formula is C21H17BrF3N5O8S2. The molecule has 0 radical (unpaired) electrons. The van der Waals surface area contributed by atoms with Crippen LogP contribution in [0.5, 0.6) is 5.75 Å². The number of carboxylic acids is 2. The Labute approximate surface area is 238 Å². The molecule has 0 aliphatic carbocycles. The van der Waals surface area contributed by atoms with Crippen LogP contribution in [0.1, 0.15) is 5.69 Å². The number of nitrogen functional groups attached to an aromatic ring is 1. The largest absolute Gasteiger partial charge is 0.490 e. The van der Waals surface area contributed by atoms with E-state index >= 15 is 0 Å². The van der Waals surface area contributed by atoms with E-state index in [9.17, 15) is 37.9 Å². The van der Waals surface area contributed by atoms with Crippen LogP contribution in [0, 0.1) is 0 Å². The minimum atomic E-state index is -5.08. The number of β-lactam (4-membered cyclic amide) rings is 1. The van der Waals surface area contributed by atoms with E-state index in [1.165, 1.54) is 17.1 Å². The van der Waals surface area contributed by atoms with E-state index in [0.717, 1.165) is 20.7 Å². The number of anilines is 1. The molecule has 2 aliphatic heterocycles. The molecule has 2 atom stereocenters. The average molecular weight is 668 g/mol. The number of thioether (sulfide) groups is 1. The standard InChI is InChI=1S/C19H16BrN5O6S2.C2HF3O2/c20-9-1-3-10(4-2-9)31-5-8-6-32-17-13(16(27)25(17)14(8)18(28)29)23-15(26)12(24-30)11-7-33-19(21)22-11;3-2(4,5)1(6)7/h1-4,7,13,17,30H,5-6H2,(H2,21,22)(H,23,26)(H,28,29);(H,6,7)/b24-12-;/t13?,17-;/m1./s1. The molecule has 1 saturated heterocycles. The highest BCUT2D eigenvalue weighted by Gasteiger charge is 2.54. The molecule has 3 heterocycles. The van der Waals surface area contributed by atoms with Gasteiger partial charge in [0.2, 0.25) is 0 Å². The smallest absolute Gasteiger partial charge is 0.489 e. The molecule has 1 unspecified atom stereocenters. The topological polar surface area (TPSA) is 205 Å². The van der Waals surface area contributed by atoms with E-state index in [1.54, 1.807) is 24.3 Å². The number of hydrogen-bond donors (Lipinski definition) is 5. The van der Waals surface area contributed by atoms with Gasteiger partial charge in [-0.2, -0.15) is 13.2 Å². The summed E-state index contributed by atoms with van der Waals surface area (Å²) in [5.74, 6) is -4.58. The van der Waals surface area contributed by atoms with Gasteiger partial charge >= 0.3 is 18.1 Å². The quantitative estimate of drug-likeness (QED) is 0.125. The monoisotopic (exact) mass is 667 g/mol. The minimum Gasteiger partial charge on any atom is -0.489 e. The molecule has 4 rings (SSSR count). The number of carbonyl (C=O) groups excluding carboxylic acids is 2. The van der Waals surface area contributed by atoms with Gasteiger partial charge in [0.1, 0.15) is 35.2 Å². The Morgan fingerprint density at radius 2 is 1.88 bits per heavy atom. The number of nitrogens with two attached hydrogens (primary N) is 1. The predicted molar refractivity (Wildman–Crippen MR) is 138 cm³/mol. The number of oxime groups is 1. The molecule has 40 heavy (non-hydrogen) atoms. The van der Waals surface area contributed by atoms with Crippen LogP contribution < -0.4 is 15.8 Å². The van der Waals surface area contributed by atoms with Crippen LogP contribution in [-0.4, -0.2) is 84.7 Å². The van der Waals surface area contributed by atoms with E-state index in [0.29, 0.717) is 17.1 Å². The molecular weight excluding hydrogens is 651 g/mol. The van der Waals surface area contributed by atoms with Crippen LogP contribution >= 0.6 is 39.0 Å². The third kappa shape index (κ3) is 7.02. The van der Waals surface area contributed by atoms with E-state index in [-0.39, 0.29) is 23.1 Å². The Hall–Kier alpha value is -3.84. The van der Waals surface area contributed by atoms with Crippen molar-refractivity contribution in [2.45, 2.75) is 17.6 Å². The molecule has 0 spiro atoms. The van der Waals surface area contributed by atoms with Crippen molar-refractivity contribution in [3.63, 3.8) is 0 Å². The second-order valence-electron chi connectivity index (χ2n) is 7.68. The van der Waals surface area contributed by atoms with Crippen LogP contribution in [0.4, 0.5) is 18.3 Å². The van der Waals surface area contributed by atoms with Crippen molar-refractivity contribution in [1.82, 2.24) is 15.2 Å². The van der Waals surface area contributed by atoms with Gasteiger partial charge in [-0.1, -0.05) is 21.1 Å². The number of halogens is 4. The second-order valence-corrected chi connectivity index (χ2v) is 10.6. The molecule has 0 saturated carbocycles. The molecule has 13 nitrogen and oxygen atoms in total. The van der Waals surface area contributed by atoms with Gasteiger partial charge in [0.25, 0.3) is 11.8 Å². The molecule has 1 fully saturated rings. The molecule has 6 N–H and O–H groups in total. The van der Waals surface area contributed by atoms with Crippen molar-refractivity contribution in [3.8, 4) is 5.75 Å². The maximum atomic E-state index is 12.8. The number of hydrogen-bond acceptors (Lipinski definition) is 11. The average Bonchev–Trinajstić information content (AvgIpc) is 3.32.